The zero-order valence-electron chi connectivity index (χ0n) is 39.7. The summed E-state index contributed by atoms with van der Waals surface area (Å²) in [7, 11) is -3.96. The quantitative estimate of drug-likeness (QED) is 0.0704. The Kier molecular flexibility index (Phi) is 18.5. The summed E-state index contributed by atoms with van der Waals surface area (Å²) in [5.74, 6) is -1.19. The maximum Gasteiger partial charge on any atom is 0.338 e. The Balaban J connectivity index is 1.50. The largest absolute Gasteiger partial charge is 0.458 e. The summed E-state index contributed by atoms with van der Waals surface area (Å²) in [4.78, 5) is 30.1. The minimum absolute atomic E-state index is 0.0709. The third-order valence-electron chi connectivity index (χ3n) is 13.7. The summed E-state index contributed by atoms with van der Waals surface area (Å²) >= 11 is 0. The lowest BCUT2D eigenvalue weighted by Crippen LogP contribution is -2.55. The molecule has 0 unspecified atom stereocenters. The molecule has 1 aromatic carbocycles. The molecular formula is C49H82N2O7Si2. The molecule has 4 rings (SSSR count). The third kappa shape index (κ3) is 12.8. The van der Waals surface area contributed by atoms with E-state index in [2.05, 4.69) is 107 Å². The van der Waals surface area contributed by atoms with Crippen LogP contribution in [0.1, 0.15) is 146 Å². The van der Waals surface area contributed by atoms with Crippen LogP contribution in [-0.2, 0) is 27.9 Å². The van der Waals surface area contributed by atoms with E-state index in [0.29, 0.717) is 66.8 Å². The second-order valence-corrected chi connectivity index (χ2v) is 30.1. The summed E-state index contributed by atoms with van der Waals surface area (Å²) in [6.07, 6.45) is 15.8. The molecule has 3 aliphatic rings. The van der Waals surface area contributed by atoms with Crippen molar-refractivity contribution in [2.45, 2.75) is 205 Å². The Morgan fingerprint density at radius 2 is 1.62 bits per heavy atom. The van der Waals surface area contributed by atoms with Gasteiger partial charge in [0.1, 0.15) is 6.61 Å². The van der Waals surface area contributed by atoms with Crippen molar-refractivity contribution < 1.29 is 32.7 Å². The van der Waals surface area contributed by atoms with Gasteiger partial charge in [0, 0.05) is 30.7 Å². The highest BCUT2D eigenvalue weighted by molar-refractivity contribution is 6.77. The molecule has 1 N–H and O–H groups in total. The van der Waals surface area contributed by atoms with Crippen molar-refractivity contribution in [3.63, 3.8) is 0 Å². The fourth-order valence-corrected chi connectivity index (χ4v) is 16.7. The third-order valence-corrected chi connectivity index (χ3v) is 24.4. The van der Waals surface area contributed by atoms with E-state index < -0.39 is 22.4 Å². The van der Waals surface area contributed by atoms with Crippen LogP contribution in [0.25, 0.3) is 6.08 Å². The first-order valence-electron chi connectivity index (χ1n) is 23.3. The van der Waals surface area contributed by atoms with Gasteiger partial charge in [0.25, 0.3) is 0 Å². The summed E-state index contributed by atoms with van der Waals surface area (Å²) in [6, 6.07) is 9.28. The molecule has 2 amide bonds. The van der Waals surface area contributed by atoms with Crippen molar-refractivity contribution in [3.8, 4) is 0 Å². The number of carbonyl (C=O) groups is 2. The van der Waals surface area contributed by atoms with Crippen molar-refractivity contribution in [1.82, 2.24) is 10.2 Å². The molecule has 0 saturated carbocycles. The highest BCUT2D eigenvalue weighted by Crippen LogP contribution is 2.44. The van der Waals surface area contributed by atoms with Crippen LogP contribution in [0.5, 0.6) is 0 Å². The normalized spacial score (nSPS) is 21.4. The second-order valence-electron chi connectivity index (χ2n) is 20.0. The molecule has 0 spiro atoms. The minimum Gasteiger partial charge on any atom is -0.458 e. The number of benzene rings is 1. The number of allylic oxidation sites excluding steroid dienone is 2. The van der Waals surface area contributed by atoms with Crippen molar-refractivity contribution in [1.29, 1.82) is 0 Å². The lowest BCUT2D eigenvalue weighted by molar-refractivity contribution is -0.277. The Morgan fingerprint density at radius 3 is 2.22 bits per heavy atom. The van der Waals surface area contributed by atoms with E-state index in [0.717, 1.165) is 44.1 Å². The molecular weight excluding hydrogens is 785 g/mol. The van der Waals surface area contributed by atoms with Crippen LogP contribution < -0.4 is 5.32 Å². The SMILES string of the molecule is CC[C@@H](/C=C/CCC1(C[C@@H]2CC[C@@H]3C(C(=O)OC/C=C/c4ccccc4)=C(CCC[C@@H](C)O[Si](C)(C)C(C)(C)C)NC(=O)N23)OCCCO1)O[Si](C(C)C)(C(C)C)C(C)C. The number of rotatable bonds is 22. The molecule has 0 aromatic heterocycles. The first kappa shape index (κ1) is 50.1. The average Bonchev–Trinajstić information content (AvgIpc) is 3.59. The van der Waals surface area contributed by atoms with Crippen molar-refractivity contribution >= 4 is 34.7 Å². The molecule has 2 fully saturated rings. The van der Waals surface area contributed by atoms with E-state index in [1.807, 2.05) is 47.4 Å². The van der Waals surface area contributed by atoms with Crippen LogP contribution in [-0.4, -0.2) is 83.4 Å². The highest BCUT2D eigenvalue weighted by atomic mass is 28.4. The minimum atomic E-state index is -2.03. The number of urea groups is 1. The fraction of sp³-hybridized carbons (Fsp3) is 0.714. The summed E-state index contributed by atoms with van der Waals surface area (Å²) < 4.78 is 32.7. The van der Waals surface area contributed by atoms with E-state index in [-0.39, 0.29) is 47.9 Å². The highest BCUT2D eigenvalue weighted by Gasteiger charge is 2.50. The first-order chi connectivity index (χ1) is 28.3. The van der Waals surface area contributed by atoms with Gasteiger partial charge in [-0.1, -0.05) is 118 Å². The number of carbonyl (C=O) groups excluding carboxylic acids is 2. The maximum atomic E-state index is 14.1. The Labute approximate surface area is 366 Å². The van der Waals surface area contributed by atoms with Crippen molar-refractivity contribution in [3.05, 3.63) is 65.4 Å². The Bertz CT molecular complexity index is 1590. The monoisotopic (exact) mass is 867 g/mol. The van der Waals surface area contributed by atoms with E-state index in [1.165, 1.54) is 0 Å². The number of hydrogen-bond acceptors (Lipinski definition) is 7. The number of esters is 1. The standard InChI is InChI=1S/C49H82N2O7Si2/c1-14-42(58-60(36(2)3,37(4)5)38(6)7)27-18-19-31-49(55-33-22-34-56-49)35-41-29-30-44-45(46(52)54-32-21-26-40-24-16-15-17-25-40)43(50-47(53)51(41)44)28-20-23-39(8)57-59(12,13)48(9,10)11/h15-18,21,24-27,36-39,41-42,44H,14,19-20,22-23,28-35H2,1-13H3,(H,50,53)/b26-21+,27-18+/t39-,41+,42+,44-/m1/s1. The predicted octanol–water partition coefficient (Wildman–Crippen LogP) is 12.5. The fourth-order valence-electron chi connectivity index (χ4n) is 9.67. The van der Waals surface area contributed by atoms with Gasteiger partial charge >= 0.3 is 12.0 Å². The van der Waals surface area contributed by atoms with Gasteiger partial charge < -0.3 is 33.3 Å². The van der Waals surface area contributed by atoms with Crippen LogP contribution in [0, 0.1) is 0 Å². The number of hydrogen-bond donors (Lipinski definition) is 1. The smallest absolute Gasteiger partial charge is 0.338 e. The van der Waals surface area contributed by atoms with E-state index >= 15 is 0 Å². The van der Waals surface area contributed by atoms with Gasteiger partial charge in [0.15, 0.2) is 14.1 Å². The first-order valence-corrected chi connectivity index (χ1v) is 28.3. The van der Waals surface area contributed by atoms with Gasteiger partial charge in [-0.2, -0.15) is 0 Å². The van der Waals surface area contributed by atoms with Crippen molar-refractivity contribution in [2.75, 3.05) is 19.8 Å². The molecule has 0 aliphatic carbocycles. The van der Waals surface area contributed by atoms with Gasteiger partial charge in [0.2, 0.25) is 8.32 Å². The van der Waals surface area contributed by atoms with Crippen LogP contribution in [0.15, 0.2) is 59.8 Å². The molecule has 338 valence electrons. The summed E-state index contributed by atoms with van der Waals surface area (Å²) in [5, 5.41) is 3.31. The molecule has 0 bridgehead atoms. The summed E-state index contributed by atoms with van der Waals surface area (Å²) in [5.41, 5.74) is 3.86. The van der Waals surface area contributed by atoms with E-state index in [4.69, 9.17) is 23.1 Å². The lowest BCUT2D eigenvalue weighted by atomic mass is 9.97. The van der Waals surface area contributed by atoms with Gasteiger partial charge in [-0.05, 0) is 105 Å². The molecule has 4 atom stereocenters. The molecule has 3 heterocycles. The molecule has 60 heavy (non-hydrogen) atoms. The number of nitrogens with zero attached hydrogens (tertiary/aromatic N) is 1. The van der Waals surface area contributed by atoms with Gasteiger partial charge in [-0.25, -0.2) is 9.59 Å². The van der Waals surface area contributed by atoms with Gasteiger partial charge in [-0.3, -0.25) is 0 Å². The van der Waals surface area contributed by atoms with Crippen LogP contribution in [0.4, 0.5) is 4.79 Å². The number of ether oxygens (including phenoxy) is 3. The molecule has 2 saturated heterocycles. The molecule has 0 radical (unpaired) electrons. The zero-order chi connectivity index (χ0) is 44.3. The number of amides is 2. The number of fused-ring (bicyclic) bond motifs is 1. The zero-order valence-corrected chi connectivity index (χ0v) is 41.7. The van der Waals surface area contributed by atoms with Gasteiger partial charge in [0.05, 0.1) is 30.9 Å². The molecule has 1 aromatic rings. The second kappa shape index (κ2) is 22.2. The van der Waals surface area contributed by atoms with Gasteiger partial charge in [-0.15, -0.1) is 0 Å². The predicted molar refractivity (Wildman–Crippen MR) is 251 cm³/mol. The van der Waals surface area contributed by atoms with E-state index in [9.17, 15) is 9.59 Å². The average molecular weight is 867 g/mol. The molecule has 11 heteroatoms. The van der Waals surface area contributed by atoms with E-state index in [1.54, 1.807) is 0 Å². The summed E-state index contributed by atoms with van der Waals surface area (Å²) in [6.45, 7) is 31.1. The Hall–Kier alpha value is -2.55. The lowest BCUT2D eigenvalue weighted by Gasteiger charge is -2.44. The molecule has 9 nitrogen and oxygen atoms in total. The maximum absolute atomic E-state index is 14.1. The topological polar surface area (TPSA) is 95.6 Å². The Morgan fingerprint density at radius 1 is 0.967 bits per heavy atom. The van der Waals surface area contributed by atoms with Crippen LogP contribution >= 0.6 is 0 Å². The molecule has 3 aliphatic heterocycles. The van der Waals surface area contributed by atoms with Crippen molar-refractivity contribution in [2.24, 2.45) is 0 Å². The van der Waals surface area contributed by atoms with Crippen LogP contribution in [0.3, 0.4) is 0 Å². The van der Waals surface area contributed by atoms with Crippen LogP contribution in [0.2, 0.25) is 34.8 Å². The number of nitrogens with one attached hydrogen (secondary N) is 1.